The predicted octanol–water partition coefficient (Wildman–Crippen LogP) is 5.66. The Balaban J connectivity index is 1.52. The highest BCUT2D eigenvalue weighted by Crippen LogP contribution is 2.60. The summed E-state index contributed by atoms with van der Waals surface area (Å²) in [6.45, 7) is 1.89. The van der Waals surface area contributed by atoms with Crippen molar-refractivity contribution in [3.8, 4) is 5.75 Å². The molecule has 4 fully saturated rings. The first-order valence-electron chi connectivity index (χ1n) is 8.61. The lowest BCUT2D eigenvalue weighted by atomic mass is 9.48. The van der Waals surface area contributed by atoms with E-state index in [1.807, 2.05) is 19.1 Å². The van der Waals surface area contributed by atoms with Crippen molar-refractivity contribution < 1.29 is 9.53 Å². The van der Waals surface area contributed by atoms with Crippen molar-refractivity contribution in [1.29, 1.82) is 0 Å². The molecule has 124 valence electrons. The average Bonchev–Trinajstić information content (AvgIpc) is 2.48. The number of ether oxygens (including phenoxy) is 1. The highest BCUT2D eigenvalue weighted by Gasteiger charge is 2.55. The van der Waals surface area contributed by atoms with E-state index < -0.39 is 6.10 Å². The standard InChI is InChI=1S/C19H22BrClO2/c1-11(23-17-3-2-15(20)7-16(17)21)18(22)19-8-12-4-13(9-19)6-14(5-12)10-19/h2-3,7,11-14H,4-6,8-10H2,1H3/t11-,12?,13?,14?,19?/m1/s1. The summed E-state index contributed by atoms with van der Waals surface area (Å²) in [6.07, 6.45) is 6.87. The molecule has 0 heterocycles. The molecule has 0 radical (unpaired) electrons. The van der Waals surface area contributed by atoms with Gasteiger partial charge in [-0.1, -0.05) is 27.5 Å². The summed E-state index contributed by atoms with van der Waals surface area (Å²) < 4.78 is 6.86. The minimum atomic E-state index is -0.426. The average molecular weight is 398 g/mol. The van der Waals surface area contributed by atoms with Crippen LogP contribution in [0.25, 0.3) is 0 Å². The van der Waals surface area contributed by atoms with Crippen LogP contribution in [0.4, 0.5) is 0 Å². The Morgan fingerprint density at radius 3 is 2.30 bits per heavy atom. The summed E-state index contributed by atoms with van der Waals surface area (Å²) in [6, 6.07) is 5.53. The molecule has 4 saturated carbocycles. The van der Waals surface area contributed by atoms with Crippen molar-refractivity contribution in [3.05, 3.63) is 27.7 Å². The van der Waals surface area contributed by atoms with Crippen molar-refractivity contribution in [2.45, 2.75) is 51.6 Å². The van der Waals surface area contributed by atoms with E-state index in [2.05, 4.69) is 15.9 Å². The molecule has 23 heavy (non-hydrogen) atoms. The second-order valence-corrected chi connectivity index (χ2v) is 9.22. The van der Waals surface area contributed by atoms with Gasteiger partial charge in [-0.05, 0) is 81.4 Å². The fourth-order valence-electron chi connectivity index (χ4n) is 5.66. The summed E-state index contributed by atoms with van der Waals surface area (Å²) in [5.41, 5.74) is -0.115. The maximum atomic E-state index is 13.2. The number of Topliss-reactive ketones (excluding diaryl/α,β-unsaturated/α-hetero) is 1. The van der Waals surface area contributed by atoms with Crippen LogP contribution in [0.2, 0.25) is 5.02 Å². The quantitative estimate of drug-likeness (QED) is 0.655. The van der Waals surface area contributed by atoms with Gasteiger partial charge in [0.2, 0.25) is 0 Å². The number of rotatable bonds is 4. The lowest BCUT2D eigenvalue weighted by molar-refractivity contribution is -0.150. The molecule has 4 heteroatoms. The van der Waals surface area contributed by atoms with E-state index in [-0.39, 0.29) is 5.41 Å². The van der Waals surface area contributed by atoms with Crippen molar-refractivity contribution >= 4 is 33.3 Å². The number of carbonyl (C=O) groups excluding carboxylic acids is 1. The van der Waals surface area contributed by atoms with Crippen LogP contribution in [0, 0.1) is 23.2 Å². The van der Waals surface area contributed by atoms with Crippen molar-refractivity contribution in [1.82, 2.24) is 0 Å². The van der Waals surface area contributed by atoms with Gasteiger partial charge in [-0.2, -0.15) is 0 Å². The molecule has 0 N–H and O–H groups in total. The van der Waals surface area contributed by atoms with E-state index >= 15 is 0 Å². The van der Waals surface area contributed by atoms with E-state index in [1.165, 1.54) is 19.3 Å². The molecular weight excluding hydrogens is 376 g/mol. The van der Waals surface area contributed by atoms with E-state index in [0.29, 0.717) is 16.6 Å². The molecule has 4 bridgehead atoms. The topological polar surface area (TPSA) is 26.3 Å². The van der Waals surface area contributed by atoms with Gasteiger partial charge >= 0.3 is 0 Å². The summed E-state index contributed by atoms with van der Waals surface area (Å²) in [7, 11) is 0. The van der Waals surface area contributed by atoms with E-state index in [9.17, 15) is 4.79 Å². The second-order valence-electron chi connectivity index (χ2n) is 7.90. The van der Waals surface area contributed by atoms with E-state index in [0.717, 1.165) is 41.5 Å². The zero-order chi connectivity index (χ0) is 16.2. The van der Waals surface area contributed by atoms with Crippen LogP contribution in [0.1, 0.15) is 45.4 Å². The van der Waals surface area contributed by atoms with Crippen LogP contribution >= 0.6 is 27.5 Å². The Morgan fingerprint density at radius 1 is 1.22 bits per heavy atom. The molecule has 0 spiro atoms. The fourth-order valence-corrected chi connectivity index (χ4v) is 6.38. The molecular formula is C19H22BrClO2. The van der Waals surface area contributed by atoms with Gasteiger partial charge in [-0.15, -0.1) is 0 Å². The monoisotopic (exact) mass is 396 g/mol. The Labute approximate surface area is 151 Å². The number of ketones is 1. The van der Waals surface area contributed by atoms with Gasteiger partial charge in [0.1, 0.15) is 5.75 Å². The smallest absolute Gasteiger partial charge is 0.179 e. The van der Waals surface area contributed by atoms with Gasteiger partial charge in [-0.25, -0.2) is 0 Å². The van der Waals surface area contributed by atoms with Crippen LogP contribution in [0.3, 0.4) is 0 Å². The zero-order valence-corrected chi connectivity index (χ0v) is 15.7. The maximum absolute atomic E-state index is 13.2. The number of benzene rings is 1. The summed E-state index contributed by atoms with van der Waals surface area (Å²) in [5, 5.41) is 0.546. The SMILES string of the molecule is C[C@@H](Oc1ccc(Br)cc1Cl)C(=O)C12CC3CC(CC(C3)C1)C2. The third-order valence-electron chi connectivity index (χ3n) is 6.13. The molecule has 0 aliphatic heterocycles. The number of hydrogen-bond donors (Lipinski definition) is 0. The van der Waals surface area contributed by atoms with Gasteiger partial charge in [-0.3, -0.25) is 4.79 Å². The Hall–Kier alpha value is -0.540. The van der Waals surface area contributed by atoms with E-state index in [4.69, 9.17) is 16.3 Å². The Bertz CT molecular complexity index is 607. The molecule has 5 rings (SSSR count). The number of hydrogen-bond acceptors (Lipinski definition) is 2. The second kappa shape index (κ2) is 5.77. The Morgan fingerprint density at radius 2 is 1.78 bits per heavy atom. The van der Waals surface area contributed by atoms with Gasteiger partial charge in [0.15, 0.2) is 11.9 Å². The molecule has 1 aromatic carbocycles. The summed E-state index contributed by atoms with van der Waals surface area (Å²) >= 11 is 9.62. The van der Waals surface area contributed by atoms with Crippen LogP contribution in [0.5, 0.6) is 5.75 Å². The molecule has 4 aliphatic carbocycles. The van der Waals surface area contributed by atoms with Crippen LogP contribution < -0.4 is 4.74 Å². The van der Waals surface area contributed by atoms with Gasteiger partial charge < -0.3 is 4.74 Å². The highest BCUT2D eigenvalue weighted by molar-refractivity contribution is 9.10. The first kappa shape index (κ1) is 16.0. The molecule has 0 aromatic heterocycles. The zero-order valence-electron chi connectivity index (χ0n) is 13.4. The van der Waals surface area contributed by atoms with Crippen LogP contribution in [-0.4, -0.2) is 11.9 Å². The first-order chi connectivity index (χ1) is 10.9. The predicted molar refractivity (Wildman–Crippen MR) is 94.9 cm³/mol. The summed E-state index contributed by atoms with van der Waals surface area (Å²) in [5.74, 6) is 3.21. The minimum absolute atomic E-state index is 0.115. The first-order valence-corrected chi connectivity index (χ1v) is 9.78. The third-order valence-corrected chi connectivity index (χ3v) is 6.92. The van der Waals surface area contributed by atoms with Crippen LogP contribution in [0.15, 0.2) is 22.7 Å². The van der Waals surface area contributed by atoms with Gasteiger partial charge in [0.25, 0.3) is 0 Å². The largest absolute Gasteiger partial charge is 0.481 e. The molecule has 4 aliphatic rings. The highest BCUT2D eigenvalue weighted by atomic mass is 79.9. The number of halogens is 2. The Kier molecular flexibility index (Phi) is 4.00. The molecule has 2 nitrogen and oxygen atoms in total. The normalized spacial score (nSPS) is 36.0. The minimum Gasteiger partial charge on any atom is -0.481 e. The third kappa shape index (κ3) is 2.84. The summed E-state index contributed by atoms with van der Waals surface area (Å²) in [4.78, 5) is 13.2. The fraction of sp³-hybridized carbons (Fsp3) is 0.632. The van der Waals surface area contributed by atoms with Gasteiger partial charge in [0.05, 0.1) is 5.02 Å². The van der Waals surface area contributed by atoms with Gasteiger partial charge in [0, 0.05) is 9.89 Å². The molecule has 0 saturated heterocycles. The molecule has 0 unspecified atom stereocenters. The lowest BCUT2D eigenvalue weighted by Crippen LogP contribution is -2.53. The maximum Gasteiger partial charge on any atom is 0.179 e. The van der Waals surface area contributed by atoms with Crippen LogP contribution in [-0.2, 0) is 4.79 Å². The van der Waals surface area contributed by atoms with Crippen molar-refractivity contribution in [3.63, 3.8) is 0 Å². The van der Waals surface area contributed by atoms with Crippen molar-refractivity contribution in [2.75, 3.05) is 0 Å². The molecule has 0 amide bonds. The lowest BCUT2D eigenvalue weighted by Gasteiger charge is -2.56. The van der Waals surface area contributed by atoms with Crippen molar-refractivity contribution in [2.24, 2.45) is 23.2 Å². The number of carbonyl (C=O) groups is 1. The molecule has 1 aromatic rings. The molecule has 1 atom stereocenters. The van der Waals surface area contributed by atoms with E-state index in [1.54, 1.807) is 6.07 Å².